The molecule has 0 aliphatic rings. The summed E-state index contributed by atoms with van der Waals surface area (Å²) >= 11 is 0. The highest BCUT2D eigenvalue weighted by atomic mass is 15.2. The SMILES string of the molecule is CCNC(=NCCCc1ccccc1)NCCNC(C)(C)C. The van der Waals surface area contributed by atoms with E-state index in [1.807, 2.05) is 0 Å². The van der Waals surface area contributed by atoms with Gasteiger partial charge in [-0.15, -0.1) is 0 Å². The molecule has 0 aromatic heterocycles. The lowest BCUT2D eigenvalue weighted by Crippen LogP contribution is -2.44. The first-order valence-electron chi connectivity index (χ1n) is 8.32. The van der Waals surface area contributed by atoms with Crippen molar-refractivity contribution in [2.24, 2.45) is 4.99 Å². The minimum Gasteiger partial charge on any atom is -0.357 e. The van der Waals surface area contributed by atoms with Crippen LogP contribution in [0.2, 0.25) is 0 Å². The van der Waals surface area contributed by atoms with Crippen LogP contribution in [0, 0.1) is 0 Å². The zero-order valence-corrected chi connectivity index (χ0v) is 14.6. The highest BCUT2D eigenvalue weighted by Crippen LogP contribution is 2.02. The molecule has 0 fully saturated rings. The van der Waals surface area contributed by atoms with Crippen LogP contribution in [-0.4, -0.2) is 37.7 Å². The maximum atomic E-state index is 4.63. The van der Waals surface area contributed by atoms with Crippen molar-refractivity contribution in [3.8, 4) is 0 Å². The van der Waals surface area contributed by atoms with E-state index in [-0.39, 0.29) is 5.54 Å². The molecule has 0 unspecified atom stereocenters. The number of aliphatic imine (C=N–C) groups is 1. The van der Waals surface area contributed by atoms with Crippen molar-refractivity contribution in [1.82, 2.24) is 16.0 Å². The molecule has 0 bridgehead atoms. The van der Waals surface area contributed by atoms with E-state index < -0.39 is 0 Å². The third-order valence-electron chi connectivity index (χ3n) is 3.15. The zero-order chi connectivity index (χ0) is 16.3. The molecule has 3 N–H and O–H groups in total. The minimum absolute atomic E-state index is 0.160. The third kappa shape index (κ3) is 9.40. The van der Waals surface area contributed by atoms with Gasteiger partial charge >= 0.3 is 0 Å². The van der Waals surface area contributed by atoms with Gasteiger partial charge in [0.1, 0.15) is 0 Å². The molecular formula is C18H32N4. The van der Waals surface area contributed by atoms with Crippen molar-refractivity contribution in [3.05, 3.63) is 35.9 Å². The number of guanidine groups is 1. The fraction of sp³-hybridized carbons (Fsp3) is 0.611. The summed E-state index contributed by atoms with van der Waals surface area (Å²) in [5.74, 6) is 0.909. The zero-order valence-electron chi connectivity index (χ0n) is 14.6. The highest BCUT2D eigenvalue weighted by molar-refractivity contribution is 5.79. The van der Waals surface area contributed by atoms with Crippen LogP contribution < -0.4 is 16.0 Å². The van der Waals surface area contributed by atoms with E-state index in [9.17, 15) is 0 Å². The topological polar surface area (TPSA) is 48.5 Å². The molecule has 0 aliphatic heterocycles. The molecule has 0 spiro atoms. The first-order valence-corrected chi connectivity index (χ1v) is 8.32. The van der Waals surface area contributed by atoms with Crippen LogP contribution in [0.25, 0.3) is 0 Å². The molecule has 0 saturated heterocycles. The van der Waals surface area contributed by atoms with Gasteiger partial charge in [-0.3, -0.25) is 4.99 Å². The summed E-state index contributed by atoms with van der Waals surface area (Å²) < 4.78 is 0. The van der Waals surface area contributed by atoms with Crippen LogP contribution >= 0.6 is 0 Å². The lowest BCUT2D eigenvalue weighted by atomic mass is 10.1. The summed E-state index contributed by atoms with van der Waals surface area (Å²) in [5.41, 5.74) is 1.54. The van der Waals surface area contributed by atoms with Gasteiger partial charge in [-0.2, -0.15) is 0 Å². The molecule has 0 saturated carbocycles. The van der Waals surface area contributed by atoms with Crippen molar-refractivity contribution in [3.63, 3.8) is 0 Å². The molecule has 1 aromatic rings. The number of nitrogens with zero attached hydrogens (tertiary/aromatic N) is 1. The second kappa shape index (κ2) is 10.2. The summed E-state index contributed by atoms with van der Waals surface area (Å²) in [6.07, 6.45) is 2.15. The van der Waals surface area contributed by atoms with Gasteiger partial charge in [0.05, 0.1) is 0 Å². The smallest absolute Gasteiger partial charge is 0.191 e. The van der Waals surface area contributed by atoms with Gasteiger partial charge in [0.25, 0.3) is 0 Å². The van der Waals surface area contributed by atoms with Crippen LogP contribution in [0.15, 0.2) is 35.3 Å². The Labute approximate surface area is 135 Å². The van der Waals surface area contributed by atoms with Crippen molar-refractivity contribution in [1.29, 1.82) is 0 Å². The van der Waals surface area contributed by atoms with Gasteiger partial charge in [0.15, 0.2) is 5.96 Å². The van der Waals surface area contributed by atoms with E-state index in [1.165, 1.54) is 5.56 Å². The van der Waals surface area contributed by atoms with Crippen molar-refractivity contribution in [2.75, 3.05) is 26.2 Å². The number of aryl methyl sites for hydroxylation is 1. The third-order valence-corrected chi connectivity index (χ3v) is 3.15. The van der Waals surface area contributed by atoms with E-state index in [4.69, 9.17) is 0 Å². The van der Waals surface area contributed by atoms with Gasteiger partial charge < -0.3 is 16.0 Å². The molecule has 4 heteroatoms. The first-order chi connectivity index (χ1) is 10.5. The van der Waals surface area contributed by atoms with Gasteiger partial charge in [-0.05, 0) is 46.1 Å². The number of benzene rings is 1. The molecule has 1 rings (SSSR count). The average molecular weight is 304 g/mol. The number of nitrogens with one attached hydrogen (secondary N) is 3. The lowest BCUT2D eigenvalue weighted by Gasteiger charge is -2.21. The molecule has 124 valence electrons. The summed E-state index contributed by atoms with van der Waals surface area (Å²) in [6, 6.07) is 10.6. The average Bonchev–Trinajstić information content (AvgIpc) is 2.48. The van der Waals surface area contributed by atoms with Crippen LogP contribution in [0.5, 0.6) is 0 Å². The van der Waals surface area contributed by atoms with E-state index >= 15 is 0 Å². The van der Waals surface area contributed by atoms with Crippen molar-refractivity contribution in [2.45, 2.75) is 46.1 Å². The second-order valence-corrected chi connectivity index (χ2v) is 6.45. The number of hydrogen-bond donors (Lipinski definition) is 3. The molecule has 0 radical (unpaired) electrons. The fourth-order valence-electron chi connectivity index (χ4n) is 2.08. The van der Waals surface area contributed by atoms with Crippen LogP contribution in [-0.2, 0) is 6.42 Å². The van der Waals surface area contributed by atoms with E-state index in [2.05, 4.69) is 79.0 Å². The van der Waals surface area contributed by atoms with Gasteiger partial charge in [-0.25, -0.2) is 0 Å². The summed E-state index contributed by atoms with van der Waals surface area (Å²) in [7, 11) is 0. The Balaban J connectivity index is 2.26. The predicted octanol–water partition coefficient (Wildman–Crippen LogP) is 2.56. The van der Waals surface area contributed by atoms with Gasteiger partial charge in [-0.1, -0.05) is 30.3 Å². The first kappa shape index (κ1) is 18.5. The Morgan fingerprint density at radius 3 is 2.41 bits per heavy atom. The fourth-order valence-corrected chi connectivity index (χ4v) is 2.08. The molecular weight excluding hydrogens is 272 g/mol. The quantitative estimate of drug-likeness (QED) is 0.393. The molecule has 4 nitrogen and oxygen atoms in total. The normalized spacial score (nSPS) is 12.3. The largest absolute Gasteiger partial charge is 0.357 e. The maximum Gasteiger partial charge on any atom is 0.191 e. The lowest BCUT2D eigenvalue weighted by molar-refractivity contribution is 0.428. The van der Waals surface area contributed by atoms with E-state index in [1.54, 1.807) is 0 Å². The highest BCUT2D eigenvalue weighted by Gasteiger charge is 2.07. The summed E-state index contributed by atoms with van der Waals surface area (Å²) in [4.78, 5) is 4.63. The van der Waals surface area contributed by atoms with Crippen LogP contribution in [0.1, 0.15) is 39.7 Å². The molecule has 0 atom stereocenters. The maximum absolute atomic E-state index is 4.63. The van der Waals surface area contributed by atoms with Crippen molar-refractivity contribution >= 4 is 5.96 Å². The monoisotopic (exact) mass is 304 g/mol. The Morgan fingerprint density at radius 1 is 1.05 bits per heavy atom. The van der Waals surface area contributed by atoms with Crippen molar-refractivity contribution < 1.29 is 0 Å². The molecule has 1 aromatic carbocycles. The standard InChI is InChI=1S/C18H32N4/c1-5-19-17(21-14-15-22-18(2,3)4)20-13-9-12-16-10-7-6-8-11-16/h6-8,10-11,22H,5,9,12-15H2,1-4H3,(H2,19,20,21). The number of rotatable bonds is 8. The molecule has 0 aliphatic carbocycles. The Morgan fingerprint density at radius 2 is 1.77 bits per heavy atom. The summed E-state index contributed by atoms with van der Waals surface area (Å²) in [6.45, 7) is 12.2. The second-order valence-electron chi connectivity index (χ2n) is 6.45. The van der Waals surface area contributed by atoms with Gasteiger partial charge in [0.2, 0.25) is 0 Å². The predicted molar refractivity (Wildman–Crippen MR) is 96.5 cm³/mol. The minimum atomic E-state index is 0.160. The van der Waals surface area contributed by atoms with E-state index in [0.29, 0.717) is 0 Å². The van der Waals surface area contributed by atoms with Gasteiger partial charge in [0, 0.05) is 31.7 Å². The van der Waals surface area contributed by atoms with E-state index in [0.717, 1.165) is 45.0 Å². The molecule has 22 heavy (non-hydrogen) atoms. The Hall–Kier alpha value is -1.55. The molecule has 0 amide bonds. The Bertz CT molecular complexity index is 420. The van der Waals surface area contributed by atoms with Crippen LogP contribution in [0.3, 0.4) is 0 Å². The molecule has 0 heterocycles. The van der Waals surface area contributed by atoms with Crippen LogP contribution in [0.4, 0.5) is 0 Å². The summed E-state index contributed by atoms with van der Waals surface area (Å²) in [5, 5.41) is 10.1. The number of hydrogen-bond acceptors (Lipinski definition) is 2. The Kier molecular flexibility index (Phi) is 8.60.